The van der Waals surface area contributed by atoms with Gasteiger partial charge in [0, 0.05) is 5.56 Å². The molecule has 0 radical (unpaired) electrons. The van der Waals surface area contributed by atoms with Crippen molar-refractivity contribution in [2.75, 3.05) is 0 Å². The third kappa shape index (κ3) is 1.45. The van der Waals surface area contributed by atoms with Crippen LogP contribution >= 0.6 is 0 Å². The molecular weight excluding hydrogens is 162 g/mol. The molecule has 62 valence electrons. The van der Waals surface area contributed by atoms with E-state index in [1.165, 1.54) is 6.08 Å². The van der Waals surface area contributed by atoms with Crippen molar-refractivity contribution in [3.63, 3.8) is 0 Å². The number of rotatable bonds is 0. The molecule has 0 fully saturated rings. The van der Waals surface area contributed by atoms with Gasteiger partial charge in [0.15, 0.2) is 0 Å². The van der Waals surface area contributed by atoms with Gasteiger partial charge in [-0.2, -0.15) is 5.26 Å². The van der Waals surface area contributed by atoms with Crippen LogP contribution in [0.4, 0.5) is 0 Å². The maximum absolute atomic E-state index is 8.43. The second-order valence-corrected chi connectivity index (χ2v) is 2.65. The Kier molecular flexibility index (Phi) is 1.85. The van der Waals surface area contributed by atoms with Crippen LogP contribution in [0.3, 0.4) is 0 Å². The number of fused-ring (bicyclic) bond motifs is 1. The van der Waals surface area contributed by atoms with E-state index < -0.39 is 0 Å². The average Bonchev–Trinajstić information content (AvgIpc) is 2.18. The summed E-state index contributed by atoms with van der Waals surface area (Å²) in [7, 11) is 0. The Morgan fingerprint density at radius 3 is 2.92 bits per heavy atom. The Morgan fingerprint density at radius 1 is 1.23 bits per heavy atom. The minimum atomic E-state index is 0.584. The molecule has 0 aliphatic carbocycles. The fraction of sp³-hybridized carbons (Fsp3) is 0. The highest BCUT2D eigenvalue weighted by Gasteiger charge is 2.06. The van der Waals surface area contributed by atoms with Crippen LogP contribution in [0.25, 0.3) is 6.08 Å². The van der Waals surface area contributed by atoms with Crippen LogP contribution < -0.4 is 4.74 Å². The molecule has 1 aromatic rings. The van der Waals surface area contributed by atoms with Crippen molar-refractivity contribution in [1.82, 2.24) is 0 Å². The molecule has 0 saturated carbocycles. The van der Waals surface area contributed by atoms with Gasteiger partial charge in [0.1, 0.15) is 11.5 Å². The van der Waals surface area contributed by atoms with Gasteiger partial charge >= 0.3 is 0 Å². The third-order valence-electron chi connectivity index (χ3n) is 1.78. The number of allylic oxidation sites excluding steroid dienone is 2. The van der Waals surface area contributed by atoms with Gasteiger partial charge in [0.2, 0.25) is 0 Å². The van der Waals surface area contributed by atoms with Crippen molar-refractivity contribution in [2.24, 2.45) is 0 Å². The largest absolute Gasteiger partial charge is 0.456 e. The van der Waals surface area contributed by atoms with E-state index in [-0.39, 0.29) is 0 Å². The molecule has 13 heavy (non-hydrogen) atoms. The lowest BCUT2D eigenvalue weighted by Gasteiger charge is -2.12. The summed E-state index contributed by atoms with van der Waals surface area (Å²) in [4.78, 5) is 0. The van der Waals surface area contributed by atoms with E-state index >= 15 is 0 Å². The molecule has 0 bridgehead atoms. The Morgan fingerprint density at radius 2 is 2.08 bits per heavy atom. The smallest absolute Gasteiger partial charge is 0.137 e. The molecule has 2 heteroatoms. The first-order chi connectivity index (χ1) is 6.40. The highest BCUT2D eigenvalue weighted by molar-refractivity contribution is 5.62. The van der Waals surface area contributed by atoms with Gasteiger partial charge in [-0.25, -0.2) is 0 Å². The summed E-state index contributed by atoms with van der Waals surface area (Å²) < 4.78 is 5.42. The molecule has 0 saturated heterocycles. The molecule has 2 rings (SSSR count). The number of para-hydroxylation sites is 1. The number of ether oxygens (including phenoxy) is 1. The highest BCUT2D eigenvalue weighted by atomic mass is 16.5. The van der Waals surface area contributed by atoms with Gasteiger partial charge in [0.25, 0.3) is 0 Å². The molecule has 1 aliphatic rings. The second kappa shape index (κ2) is 3.16. The molecule has 1 aromatic carbocycles. The van der Waals surface area contributed by atoms with Crippen LogP contribution in [0.5, 0.6) is 5.75 Å². The number of benzene rings is 1. The summed E-state index contributed by atoms with van der Waals surface area (Å²) in [5.41, 5.74) is 1.04. The molecule has 1 heterocycles. The van der Waals surface area contributed by atoms with Crippen LogP contribution in [0.1, 0.15) is 5.56 Å². The van der Waals surface area contributed by atoms with E-state index in [0.29, 0.717) is 5.76 Å². The minimum absolute atomic E-state index is 0.584. The SMILES string of the molecule is N#CC=C1C=Cc2ccccc2O1. The van der Waals surface area contributed by atoms with Gasteiger partial charge < -0.3 is 4.74 Å². The molecule has 0 aromatic heterocycles. The average molecular weight is 169 g/mol. The van der Waals surface area contributed by atoms with E-state index in [1.54, 1.807) is 6.08 Å². The van der Waals surface area contributed by atoms with E-state index in [4.69, 9.17) is 10.00 Å². The molecule has 0 unspecified atom stereocenters. The zero-order valence-electron chi connectivity index (χ0n) is 6.90. The van der Waals surface area contributed by atoms with Crippen molar-refractivity contribution in [2.45, 2.75) is 0 Å². The highest BCUT2D eigenvalue weighted by Crippen LogP contribution is 2.26. The topological polar surface area (TPSA) is 33.0 Å². The fourth-order valence-electron chi connectivity index (χ4n) is 1.19. The number of hydrogen-bond donors (Lipinski definition) is 0. The lowest BCUT2D eigenvalue weighted by atomic mass is 10.1. The Labute approximate surface area is 76.4 Å². The lowest BCUT2D eigenvalue weighted by Crippen LogP contribution is -1.97. The van der Waals surface area contributed by atoms with Crippen LogP contribution in [0.2, 0.25) is 0 Å². The number of hydrogen-bond acceptors (Lipinski definition) is 2. The molecule has 0 atom stereocenters. The number of nitriles is 1. The van der Waals surface area contributed by atoms with Crippen LogP contribution in [-0.4, -0.2) is 0 Å². The summed E-state index contributed by atoms with van der Waals surface area (Å²) in [6, 6.07) is 9.63. The van der Waals surface area contributed by atoms with Gasteiger partial charge in [-0.15, -0.1) is 0 Å². The Bertz CT molecular complexity index is 424. The van der Waals surface area contributed by atoms with E-state index in [0.717, 1.165) is 11.3 Å². The van der Waals surface area contributed by atoms with Crippen molar-refractivity contribution in [3.05, 3.63) is 47.7 Å². The molecule has 1 aliphatic heterocycles. The predicted molar refractivity (Wildman–Crippen MR) is 49.8 cm³/mol. The first-order valence-corrected chi connectivity index (χ1v) is 3.95. The molecule has 2 nitrogen and oxygen atoms in total. The van der Waals surface area contributed by atoms with Crippen molar-refractivity contribution >= 4 is 6.08 Å². The Hall–Kier alpha value is -2.01. The second-order valence-electron chi connectivity index (χ2n) is 2.65. The zero-order chi connectivity index (χ0) is 9.10. The predicted octanol–water partition coefficient (Wildman–Crippen LogP) is 2.50. The quantitative estimate of drug-likeness (QED) is 0.559. The summed E-state index contributed by atoms with van der Waals surface area (Å²) in [5.74, 6) is 1.38. The summed E-state index contributed by atoms with van der Waals surface area (Å²) in [6.07, 6.45) is 5.10. The molecular formula is C11H7NO. The monoisotopic (exact) mass is 169 g/mol. The van der Waals surface area contributed by atoms with Crippen molar-refractivity contribution in [3.8, 4) is 11.8 Å². The first kappa shape index (κ1) is 7.63. The molecule has 0 spiro atoms. The summed E-state index contributed by atoms with van der Waals surface area (Å²) in [5, 5.41) is 8.43. The maximum Gasteiger partial charge on any atom is 0.137 e. The van der Waals surface area contributed by atoms with Gasteiger partial charge in [-0.1, -0.05) is 18.2 Å². The Balaban J connectivity index is 2.41. The molecule has 0 N–H and O–H groups in total. The van der Waals surface area contributed by atoms with Gasteiger partial charge in [-0.05, 0) is 18.2 Å². The van der Waals surface area contributed by atoms with Gasteiger partial charge in [-0.3, -0.25) is 0 Å². The first-order valence-electron chi connectivity index (χ1n) is 3.95. The van der Waals surface area contributed by atoms with Crippen molar-refractivity contribution in [1.29, 1.82) is 5.26 Å². The van der Waals surface area contributed by atoms with E-state index in [1.807, 2.05) is 36.4 Å². The summed E-state index contributed by atoms with van der Waals surface area (Å²) in [6.45, 7) is 0. The maximum atomic E-state index is 8.43. The normalized spacial score (nSPS) is 16.1. The van der Waals surface area contributed by atoms with Crippen LogP contribution in [0.15, 0.2) is 42.2 Å². The van der Waals surface area contributed by atoms with Crippen LogP contribution in [0, 0.1) is 11.3 Å². The van der Waals surface area contributed by atoms with Crippen LogP contribution in [-0.2, 0) is 0 Å². The van der Waals surface area contributed by atoms with E-state index in [2.05, 4.69) is 0 Å². The lowest BCUT2D eigenvalue weighted by molar-refractivity contribution is 0.440. The zero-order valence-corrected chi connectivity index (χ0v) is 6.90. The minimum Gasteiger partial charge on any atom is -0.456 e. The van der Waals surface area contributed by atoms with Gasteiger partial charge in [0.05, 0.1) is 12.1 Å². The standard InChI is InChI=1S/C11H7NO/c12-8-7-10-6-5-9-3-1-2-4-11(9)13-10/h1-7H. The number of nitrogens with zero attached hydrogens (tertiary/aromatic N) is 1. The van der Waals surface area contributed by atoms with E-state index in [9.17, 15) is 0 Å². The fourth-order valence-corrected chi connectivity index (χ4v) is 1.19. The summed E-state index contributed by atoms with van der Waals surface area (Å²) >= 11 is 0. The molecule has 0 amide bonds. The van der Waals surface area contributed by atoms with Crippen molar-refractivity contribution < 1.29 is 4.74 Å². The third-order valence-corrected chi connectivity index (χ3v) is 1.78.